The van der Waals surface area contributed by atoms with Gasteiger partial charge in [-0.05, 0) is 18.8 Å². The molecule has 0 aromatic rings. The number of nitrogens with zero attached hydrogens (tertiary/aromatic N) is 1. The predicted octanol–water partition coefficient (Wildman–Crippen LogP) is 0.335. The molecule has 0 aromatic carbocycles. The molecular weight excluding hydrogens is 207 g/mol. The Kier molecular flexibility index (Phi) is 4.50. The maximum absolute atomic E-state index is 11.8. The summed E-state index contributed by atoms with van der Waals surface area (Å²) in [6.07, 6.45) is 1.79. The number of rotatable bonds is 4. The Balaban J connectivity index is 2.62. The Morgan fingerprint density at radius 3 is 2.93 bits per heavy atom. The van der Waals surface area contributed by atoms with Gasteiger partial charge in [0.1, 0.15) is 0 Å². The first kappa shape index (κ1) is 12.1. The molecule has 1 saturated heterocycles. The van der Waals surface area contributed by atoms with E-state index in [1.807, 2.05) is 0 Å². The van der Waals surface area contributed by atoms with Crippen LogP contribution in [-0.4, -0.2) is 36.6 Å². The van der Waals surface area contributed by atoms with Crippen molar-refractivity contribution >= 4 is 7.75 Å². The van der Waals surface area contributed by atoms with Crippen LogP contribution >= 0.6 is 7.75 Å². The summed E-state index contributed by atoms with van der Waals surface area (Å²) in [5.74, 6) is 5.07. The Morgan fingerprint density at radius 2 is 2.43 bits per heavy atom. The number of aliphatic hydroxyl groups is 1. The van der Waals surface area contributed by atoms with Crippen LogP contribution in [0.15, 0.2) is 0 Å². The third-order valence-electron chi connectivity index (χ3n) is 2.47. The van der Waals surface area contributed by atoms with E-state index in [2.05, 4.69) is 4.62 Å². The van der Waals surface area contributed by atoms with Gasteiger partial charge in [0.05, 0.1) is 0 Å². The molecule has 1 aliphatic heterocycles. The second kappa shape index (κ2) is 5.21. The van der Waals surface area contributed by atoms with Crippen molar-refractivity contribution in [2.75, 3.05) is 26.8 Å². The molecule has 84 valence electrons. The van der Waals surface area contributed by atoms with Crippen LogP contribution in [0, 0.1) is 5.92 Å². The van der Waals surface area contributed by atoms with Crippen molar-refractivity contribution in [2.45, 2.75) is 12.8 Å². The molecule has 0 saturated carbocycles. The van der Waals surface area contributed by atoms with Gasteiger partial charge in [-0.3, -0.25) is 4.52 Å². The van der Waals surface area contributed by atoms with Crippen LogP contribution in [0.4, 0.5) is 0 Å². The largest absolute Gasteiger partial charge is 0.424 e. The highest BCUT2D eigenvalue weighted by Gasteiger charge is 2.35. The molecule has 6 nitrogen and oxygen atoms in total. The van der Waals surface area contributed by atoms with E-state index in [1.165, 1.54) is 7.11 Å². The van der Waals surface area contributed by atoms with E-state index in [-0.39, 0.29) is 12.5 Å². The minimum absolute atomic E-state index is 0.0881. The molecule has 2 atom stereocenters. The van der Waals surface area contributed by atoms with Crippen molar-refractivity contribution in [3.05, 3.63) is 0 Å². The van der Waals surface area contributed by atoms with Crippen molar-refractivity contribution < 1.29 is 18.8 Å². The molecule has 0 amide bonds. The highest BCUT2D eigenvalue weighted by Crippen LogP contribution is 2.51. The van der Waals surface area contributed by atoms with Crippen molar-refractivity contribution in [1.29, 1.82) is 0 Å². The molecule has 3 N–H and O–H groups in total. The second-order valence-corrected chi connectivity index (χ2v) is 5.44. The fourth-order valence-corrected chi connectivity index (χ4v) is 2.91. The summed E-state index contributed by atoms with van der Waals surface area (Å²) in [7, 11) is -2.01. The standard InChI is InChI=1S/C7H17N2O4P/c1-12-14(11,13-8)9-4-2-3-7(5-9)6-10/h7,10H,2-6,8H2,1H3. The smallest absolute Gasteiger partial charge is 0.396 e. The van der Waals surface area contributed by atoms with Gasteiger partial charge in [-0.25, -0.2) is 19.8 Å². The number of nitrogens with two attached hydrogens (primary N) is 1. The number of aliphatic hydroxyl groups excluding tert-OH is 1. The van der Waals surface area contributed by atoms with Gasteiger partial charge in [0.15, 0.2) is 0 Å². The van der Waals surface area contributed by atoms with Crippen LogP contribution in [0.5, 0.6) is 0 Å². The van der Waals surface area contributed by atoms with E-state index in [1.54, 1.807) is 4.67 Å². The molecule has 1 fully saturated rings. The SMILES string of the molecule is COP(=O)(ON)N1CCCC(CO)C1. The molecule has 7 heteroatoms. The molecule has 2 unspecified atom stereocenters. The zero-order valence-electron chi connectivity index (χ0n) is 8.26. The molecule has 0 aliphatic carbocycles. The second-order valence-electron chi connectivity index (χ2n) is 3.36. The maximum Gasteiger partial charge on any atom is 0.424 e. The van der Waals surface area contributed by atoms with Gasteiger partial charge < -0.3 is 5.11 Å². The number of piperidine rings is 1. The summed E-state index contributed by atoms with van der Waals surface area (Å²) in [5.41, 5.74) is 0. The van der Waals surface area contributed by atoms with Gasteiger partial charge in [-0.2, -0.15) is 0 Å². The molecular formula is C7H17N2O4P. The van der Waals surface area contributed by atoms with Gasteiger partial charge in [0, 0.05) is 26.8 Å². The summed E-state index contributed by atoms with van der Waals surface area (Å²) >= 11 is 0. The normalized spacial score (nSPS) is 28.6. The Labute approximate surface area is 83.5 Å². The van der Waals surface area contributed by atoms with Crippen LogP contribution in [0.3, 0.4) is 0 Å². The van der Waals surface area contributed by atoms with E-state index < -0.39 is 7.75 Å². The van der Waals surface area contributed by atoms with Crippen LogP contribution in [0.25, 0.3) is 0 Å². The van der Waals surface area contributed by atoms with Crippen LogP contribution in [-0.2, 0) is 13.7 Å². The van der Waals surface area contributed by atoms with Crippen molar-refractivity contribution in [3.63, 3.8) is 0 Å². The molecule has 0 radical (unpaired) electrons. The van der Waals surface area contributed by atoms with E-state index in [0.717, 1.165) is 12.8 Å². The Bertz CT molecular complexity index is 218. The fourth-order valence-electron chi connectivity index (χ4n) is 1.64. The topological polar surface area (TPSA) is 85.0 Å². The van der Waals surface area contributed by atoms with Crippen molar-refractivity contribution in [2.24, 2.45) is 11.8 Å². The lowest BCUT2D eigenvalue weighted by atomic mass is 10.0. The fraction of sp³-hybridized carbons (Fsp3) is 1.00. The molecule has 0 spiro atoms. The lowest BCUT2D eigenvalue weighted by Crippen LogP contribution is -2.36. The van der Waals surface area contributed by atoms with Gasteiger partial charge in [-0.15, -0.1) is 0 Å². The zero-order valence-corrected chi connectivity index (χ0v) is 9.15. The first-order valence-electron chi connectivity index (χ1n) is 4.57. The molecule has 0 aromatic heterocycles. The number of hydrogen-bond acceptors (Lipinski definition) is 5. The van der Waals surface area contributed by atoms with Gasteiger partial charge in [0.2, 0.25) is 0 Å². The minimum atomic E-state index is -3.31. The molecule has 1 aliphatic rings. The van der Waals surface area contributed by atoms with Gasteiger partial charge >= 0.3 is 7.75 Å². The summed E-state index contributed by atoms with van der Waals surface area (Å²) in [6, 6.07) is 0. The van der Waals surface area contributed by atoms with Crippen LogP contribution < -0.4 is 5.90 Å². The highest BCUT2D eigenvalue weighted by molar-refractivity contribution is 7.51. The summed E-state index contributed by atoms with van der Waals surface area (Å²) in [6.45, 7) is 1.21. The van der Waals surface area contributed by atoms with Crippen LogP contribution in [0.2, 0.25) is 0 Å². The van der Waals surface area contributed by atoms with E-state index >= 15 is 0 Å². The van der Waals surface area contributed by atoms with Crippen LogP contribution in [0.1, 0.15) is 12.8 Å². The molecule has 1 heterocycles. The van der Waals surface area contributed by atoms with Crippen molar-refractivity contribution in [1.82, 2.24) is 4.67 Å². The predicted molar refractivity (Wildman–Crippen MR) is 51.3 cm³/mol. The lowest BCUT2D eigenvalue weighted by molar-refractivity contribution is 0.123. The third kappa shape index (κ3) is 2.53. The molecule has 1 rings (SSSR count). The number of hydrogen-bond donors (Lipinski definition) is 2. The first-order chi connectivity index (χ1) is 6.66. The third-order valence-corrected chi connectivity index (χ3v) is 4.25. The summed E-state index contributed by atoms with van der Waals surface area (Å²) in [4.78, 5) is 0. The summed E-state index contributed by atoms with van der Waals surface area (Å²) in [5, 5.41) is 8.99. The average Bonchev–Trinajstić information content (AvgIpc) is 2.28. The average molecular weight is 224 g/mol. The van der Waals surface area contributed by atoms with E-state index in [0.29, 0.717) is 13.1 Å². The van der Waals surface area contributed by atoms with E-state index in [9.17, 15) is 4.57 Å². The first-order valence-corrected chi connectivity index (χ1v) is 6.06. The lowest BCUT2D eigenvalue weighted by Gasteiger charge is -2.34. The maximum atomic E-state index is 11.8. The molecule has 14 heavy (non-hydrogen) atoms. The van der Waals surface area contributed by atoms with E-state index in [4.69, 9.17) is 15.5 Å². The van der Waals surface area contributed by atoms with Gasteiger partial charge in [0.25, 0.3) is 0 Å². The quantitative estimate of drug-likeness (QED) is 0.529. The van der Waals surface area contributed by atoms with Gasteiger partial charge in [-0.1, -0.05) is 0 Å². The monoisotopic (exact) mass is 224 g/mol. The highest BCUT2D eigenvalue weighted by atomic mass is 31.2. The minimum Gasteiger partial charge on any atom is -0.396 e. The Hall–Kier alpha value is 0.0300. The zero-order chi connectivity index (χ0) is 10.6. The summed E-state index contributed by atoms with van der Waals surface area (Å²) < 4.78 is 22.6. The molecule has 0 bridgehead atoms. The Morgan fingerprint density at radius 1 is 1.71 bits per heavy atom. The van der Waals surface area contributed by atoms with Crippen molar-refractivity contribution in [3.8, 4) is 0 Å².